The number of ether oxygens (including phenoxy) is 1. The molecule has 1 aromatic carbocycles. The second kappa shape index (κ2) is 5.61. The molecule has 1 aromatic rings. The largest absolute Gasteiger partial charge is 0.369 e. The Morgan fingerprint density at radius 3 is 2.75 bits per heavy atom. The normalized spacial score (nSPS) is 10.6. The lowest BCUT2D eigenvalue weighted by atomic mass is 10.2. The molecule has 0 aliphatic carbocycles. The fourth-order valence-corrected chi connectivity index (χ4v) is 1.20. The highest BCUT2D eigenvalue weighted by atomic mass is 19.1. The maximum Gasteiger partial charge on any atom is 0.250 e. The van der Waals surface area contributed by atoms with E-state index < -0.39 is 0 Å². The average molecular weight is 225 g/mol. The van der Waals surface area contributed by atoms with Crippen molar-refractivity contribution in [2.24, 2.45) is 0 Å². The second-order valence-electron chi connectivity index (χ2n) is 3.87. The predicted molar refractivity (Wildman–Crippen MR) is 60.9 cm³/mol. The van der Waals surface area contributed by atoms with Crippen molar-refractivity contribution in [3.63, 3.8) is 0 Å². The van der Waals surface area contributed by atoms with Gasteiger partial charge in [-0.3, -0.25) is 4.79 Å². The molecule has 0 spiro atoms. The fraction of sp³-hybridized carbons (Fsp3) is 0.417. The lowest BCUT2D eigenvalue weighted by Gasteiger charge is -2.10. The summed E-state index contributed by atoms with van der Waals surface area (Å²) in [6.45, 7) is 5.46. The summed E-state index contributed by atoms with van der Waals surface area (Å²) in [5.41, 5.74) is 1.30. The summed E-state index contributed by atoms with van der Waals surface area (Å²) >= 11 is 0. The van der Waals surface area contributed by atoms with Gasteiger partial charge in [0.15, 0.2) is 0 Å². The van der Waals surface area contributed by atoms with Crippen molar-refractivity contribution in [2.75, 3.05) is 11.9 Å². The molecule has 0 aliphatic heterocycles. The fourth-order valence-electron chi connectivity index (χ4n) is 1.20. The molecule has 0 aliphatic rings. The zero-order chi connectivity index (χ0) is 12.1. The Morgan fingerprint density at radius 2 is 2.19 bits per heavy atom. The van der Waals surface area contributed by atoms with Crippen molar-refractivity contribution in [1.82, 2.24) is 0 Å². The molecule has 0 radical (unpaired) electrons. The molecule has 16 heavy (non-hydrogen) atoms. The first-order valence-electron chi connectivity index (χ1n) is 5.16. The number of rotatable bonds is 4. The Balaban J connectivity index is 2.56. The lowest BCUT2D eigenvalue weighted by Crippen LogP contribution is -2.21. The van der Waals surface area contributed by atoms with Crippen LogP contribution >= 0.6 is 0 Å². The van der Waals surface area contributed by atoms with Gasteiger partial charge in [0, 0.05) is 5.69 Å². The smallest absolute Gasteiger partial charge is 0.250 e. The Hall–Kier alpha value is -1.42. The number of aryl methyl sites for hydroxylation is 1. The van der Waals surface area contributed by atoms with Crippen LogP contribution in [0.4, 0.5) is 10.1 Å². The van der Waals surface area contributed by atoms with Crippen molar-refractivity contribution >= 4 is 11.6 Å². The number of benzene rings is 1. The van der Waals surface area contributed by atoms with Crippen LogP contribution < -0.4 is 5.32 Å². The minimum atomic E-state index is -0.311. The summed E-state index contributed by atoms with van der Waals surface area (Å²) in [5.74, 6) is -0.544. The third-order valence-electron chi connectivity index (χ3n) is 2.01. The van der Waals surface area contributed by atoms with Crippen LogP contribution in [-0.4, -0.2) is 18.6 Å². The minimum absolute atomic E-state index is 0.00842. The molecular weight excluding hydrogens is 209 g/mol. The zero-order valence-corrected chi connectivity index (χ0v) is 9.71. The first kappa shape index (κ1) is 12.6. The monoisotopic (exact) mass is 225 g/mol. The number of carbonyl (C=O) groups excluding carboxylic acids is 1. The van der Waals surface area contributed by atoms with Gasteiger partial charge in [-0.25, -0.2) is 4.39 Å². The van der Waals surface area contributed by atoms with E-state index in [1.165, 1.54) is 18.2 Å². The number of hydrogen-bond donors (Lipinski definition) is 1. The quantitative estimate of drug-likeness (QED) is 0.855. The van der Waals surface area contributed by atoms with E-state index in [4.69, 9.17) is 4.74 Å². The summed E-state index contributed by atoms with van der Waals surface area (Å²) in [6, 6.07) is 4.22. The molecule has 1 amide bonds. The van der Waals surface area contributed by atoms with Crippen LogP contribution in [0.3, 0.4) is 0 Å². The molecular formula is C12H16FNO2. The van der Waals surface area contributed by atoms with E-state index >= 15 is 0 Å². The van der Waals surface area contributed by atoms with Gasteiger partial charge in [0.25, 0.3) is 0 Å². The third kappa shape index (κ3) is 3.98. The van der Waals surface area contributed by atoms with Crippen LogP contribution in [0.2, 0.25) is 0 Å². The molecule has 0 fully saturated rings. The number of hydrogen-bond acceptors (Lipinski definition) is 2. The standard InChI is InChI=1S/C12H16FNO2/c1-8(2)16-7-12(15)14-11-5-4-10(13)6-9(11)3/h4-6,8H,7H2,1-3H3,(H,14,15). The van der Waals surface area contributed by atoms with Gasteiger partial charge in [-0.05, 0) is 44.5 Å². The molecule has 1 rings (SSSR count). The number of anilines is 1. The SMILES string of the molecule is Cc1cc(F)ccc1NC(=O)COC(C)C. The van der Waals surface area contributed by atoms with Crippen molar-refractivity contribution in [3.8, 4) is 0 Å². The third-order valence-corrected chi connectivity index (χ3v) is 2.01. The molecule has 0 aromatic heterocycles. The molecule has 88 valence electrons. The highest BCUT2D eigenvalue weighted by Gasteiger charge is 2.06. The maximum atomic E-state index is 12.8. The van der Waals surface area contributed by atoms with Crippen molar-refractivity contribution in [1.29, 1.82) is 0 Å². The Labute approximate surface area is 94.6 Å². The topological polar surface area (TPSA) is 38.3 Å². The van der Waals surface area contributed by atoms with Gasteiger partial charge in [-0.2, -0.15) is 0 Å². The highest BCUT2D eigenvalue weighted by molar-refractivity contribution is 5.92. The predicted octanol–water partition coefficient (Wildman–Crippen LogP) is 2.50. The van der Waals surface area contributed by atoms with Gasteiger partial charge in [0.2, 0.25) is 5.91 Å². The van der Waals surface area contributed by atoms with E-state index in [1.54, 1.807) is 6.92 Å². The van der Waals surface area contributed by atoms with E-state index in [0.29, 0.717) is 11.3 Å². The maximum absolute atomic E-state index is 12.8. The van der Waals surface area contributed by atoms with E-state index in [2.05, 4.69) is 5.32 Å². The van der Waals surface area contributed by atoms with Gasteiger partial charge in [-0.1, -0.05) is 0 Å². The van der Waals surface area contributed by atoms with Crippen LogP contribution in [0.1, 0.15) is 19.4 Å². The Kier molecular flexibility index (Phi) is 4.43. The highest BCUT2D eigenvalue weighted by Crippen LogP contribution is 2.15. The summed E-state index contributed by atoms with van der Waals surface area (Å²) < 4.78 is 18.0. The van der Waals surface area contributed by atoms with Crippen molar-refractivity contribution in [3.05, 3.63) is 29.6 Å². The first-order valence-corrected chi connectivity index (χ1v) is 5.16. The molecule has 0 bridgehead atoms. The van der Waals surface area contributed by atoms with Gasteiger partial charge in [-0.15, -0.1) is 0 Å². The van der Waals surface area contributed by atoms with Crippen LogP contribution in [0.15, 0.2) is 18.2 Å². The summed E-state index contributed by atoms with van der Waals surface area (Å²) in [5, 5.41) is 2.66. The molecule has 0 unspecified atom stereocenters. The summed E-state index contributed by atoms with van der Waals surface area (Å²) in [4.78, 5) is 11.4. The molecule has 0 saturated heterocycles. The molecule has 4 heteroatoms. The molecule has 1 N–H and O–H groups in total. The zero-order valence-electron chi connectivity index (χ0n) is 9.71. The first-order chi connectivity index (χ1) is 7.49. The molecule has 0 heterocycles. The van der Waals surface area contributed by atoms with Crippen molar-refractivity contribution < 1.29 is 13.9 Å². The Morgan fingerprint density at radius 1 is 1.50 bits per heavy atom. The summed E-state index contributed by atoms with van der Waals surface area (Å²) in [6.07, 6.45) is 0.0139. The van der Waals surface area contributed by atoms with Gasteiger partial charge in [0.1, 0.15) is 12.4 Å². The number of nitrogens with one attached hydrogen (secondary N) is 1. The second-order valence-corrected chi connectivity index (χ2v) is 3.87. The van der Waals surface area contributed by atoms with Crippen molar-refractivity contribution in [2.45, 2.75) is 26.9 Å². The molecule has 3 nitrogen and oxygen atoms in total. The van der Waals surface area contributed by atoms with Crippen LogP contribution in [-0.2, 0) is 9.53 Å². The molecule has 0 atom stereocenters. The van der Waals surface area contributed by atoms with E-state index in [1.807, 2.05) is 13.8 Å². The number of halogens is 1. The van der Waals surface area contributed by atoms with Crippen LogP contribution in [0.25, 0.3) is 0 Å². The van der Waals surface area contributed by atoms with Gasteiger partial charge < -0.3 is 10.1 Å². The van der Waals surface area contributed by atoms with Gasteiger partial charge in [0.05, 0.1) is 6.10 Å². The van der Waals surface area contributed by atoms with E-state index in [9.17, 15) is 9.18 Å². The lowest BCUT2D eigenvalue weighted by molar-refractivity contribution is -0.121. The van der Waals surface area contributed by atoms with Gasteiger partial charge >= 0.3 is 0 Å². The average Bonchev–Trinajstić information content (AvgIpc) is 2.19. The Bertz CT molecular complexity index is 377. The van der Waals surface area contributed by atoms with Crippen LogP contribution in [0, 0.1) is 12.7 Å². The van der Waals surface area contributed by atoms with E-state index in [-0.39, 0.29) is 24.4 Å². The van der Waals surface area contributed by atoms with E-state index in [0.717, 1.165) is 0 Å². The number of amides is 1. The summed E-state index contributed by atoms with van der Waals surface area (Å²) in [7, 11) is 0. The minimum Gasteiger partial charge on any atom is -0.369 e. The molecule has 0 saturated carbocycles. The number of carbonyl (C=O) groups is 1. The van der Waals surface area contributed by atoms with Crippen LogP contribution in [0.5, 0.6) is 0 Å².